The molecule has 1 aromatic heterocycles. The predicted molar refractivity (Wildman–Crippen MR) is 73.7 cm³/mol. The number of tetrazole rings is 1. The van der Waals surface area contributed by atoms with Crippen LogP contribution in [0.3, 0.4) is 0 Å². The van der Waals surface area contributed by atoms with E-state index in [1.165, 1.54) is 0 Å². The van der Waals surface area contributed by atoms with Crippen molar-refractivity contribution in [1.82, 2.24) is 20.2 Å². The number of nitrogen functional groups attached to an aromatic ring is 1. The second kappa shape index (κ2) is 4.53. The van der Waals surface area contributed by atoms with Crippen molar-refractivity contribution in [1.29, 1.82) is 0 Å². The summed E-state index contributed by atoms with van der Waals surface area (Å²) in [4.78, 5) is 0. The first-order valence-corrected chi connectivity index (χ1v) is 5.95. The van der Waals surface area contributed by atoms with Crippen molar-refractivity contribution >= 4 is 5.69 Å². The van der Waals surface area contributed by atoms with Gasteiger partial charge in [0.2, 0.25) is 0 Å². The molecule has 0 saturated carbocycles. The van der Waals surface area contributed by atoms with Crippen LogP contribution in [0.25, 0.3) is 17.1 Å². The largest absolute Gasteiger partial charge is 0.399 e. The molecule has 0 radical (unpaired) electrons. The first-order chi connectivity index (χ1) is 9.24. The molecular weight excluding hydrogens is 238 g/mol. The summed E-state index contributed by atoms with van der Waals surface area (Å²) in [5, 5.41) is 11.9. The average molecular weight is 251 g/mol. The minimum absolute atomic E-state index is 0.700. The molecule has 19 heavy (non-hydrogen) atoms. The molecule has 94 valence electrons. The summed E-state index contributed by atoms with van der Waals surface area (Å²) in [7, 11) is 0. The summed E-state index contributed by atoms with van der Waals surface area (Å²) in [5.41, 5.74) is 9.45. The van der Waals surface area contributed by atoms with E-state index < -0.39 is 0 Å². The molecule has 5 nitrogen and oxygen atoms in total. The maximum absolute atomic E-state index is 5.69. The van der Waals surface area contributed by atoms with E-state index in [-0.39, 0.29) is 0 Å². The Kier molecular flexibility index (Phi) is 2.72. The second-order valence-electron chi connectivity index (χ2n) is 4.38. The number of hydrogen-bond acceptors (Lipinski definition) is 4. The molecule has 3 rings (SSSR count). The topological polar surface area (TPSA) is 69.6 Å². The zero-order valence-electron chi connectivity index (χ0n) is 10.5. The molecular formula is C14H13N5. The van der Waals surface area contributed by atoms with Gasteiger partial charge in [0.15, 0.2) is 5.82 Å². The maximum Gasteiger partial charge on any atom is 0.187 e. The lowest BCUT2D eigenvalue weighted by Gasteiger charge is -2.05. The van der Waals surface area contributed by atoms with Crippen LogP contribution in [0.15, 0.2) is 48.5 Å². The molecule has 5 heteroatoms. The number of rotatable bonds is 2. The summed E-state index contributed by atoms with van der Waals surface area (Å²) in [5.74, 6) is 0.700. The SMILES string of the molecule is Cc1cccc(-n2nnnc2-c2ccc(N)cc2)c1. The van der Waals surface area contributed by atoms with Gasteiger partial charge in [0.05, 0.1) is 5.69 Å². The van der Waals surface area contributed by atoms with Crippen LogP contribution in [0.1, 0.15) is 5.56 Å². The number of hydrogen-bond donors (Lipinski definition) is 1. The Balaban J connectivity index is 2.10. The monoisotopic (exact) mass is 251 g/mol. The van der Waals surface area contributed by atoms with Gasteiger partial charge in [-0.3, -0.25) is 0 Å². The normalized spacial score (nSPS) is 10.6. The van der Waals surface area contributed by atoms with Crippen LogP contribution >= 0.6 is 0 Å². The molecule has 2 aromatic carbocycles. The lowest BCUT2D eigenvalue weighted by Crippen LogP contribution is -2.00. The number of benzene rings is 2. The van der Waals surface area contributed by atoms with Gasteiger partial charge in [-0.15, -0.1) is 5.10 Å². The van der Waals surface area contributed by atoms with Crippen LogP contribution in [0.4, 0.5) is 5.69 Å². The first kappa shape index (κ1) is 11.4. The van der Waals surface area contributed by atoms with Crippen molar-refractivity contribution in [2.75, 3.05) is 5.73 Å². The van der Waals surface area contributed by atoms with Gasteiger partial charge in [-0.2, -0.15) is 4.68 Å². The molecule has 0 fully saturated rings. The summed E-state index contributed by atoms with van der Waals surface area (Å²) < 4.78 is 1.72. The molecule has 0 aliphatic heterocycles. The quantitative estimate of drug-likeness (QED) is 0.709. The third kappa shape index (κ3) is 2.18. The number of anilines is 1. The van der Waals surface area contributed by atoms with E-state index in [4.69, 9.17) is 5.73 Å². The highest BCUT2D eigenvalue weighted by molar-refractivity contribution is 5.60. The fraction of sp³-hybridized carbons (Fsp3) is 0.0714. The molecule has 0 bridgehead atoms. The van der Waals surface area contributed by atoms with Crippen molar-refractivity contribution in [3.63, 3.8) is 0 Å². The van der Waals surface area contributed by atoms with Crippen molar-refractivity contribution in [2.24, 2.45) is 0 Å². The van der Waals surface area contributed by atoms with Gasteiger partial charge in [-0.05, 0) is 59.3 Å². The van der Waals surface area contributed by atoms with Crippen LogP contribution in [0.5, 0.6) is 0 Å². The number of aromatic nitrogens is 4. The van der Waals surface area contributed by atoms with Gasteiger partial charge in [-0.25, -0.2) is 0 Å². The summed E-state index contributed by atoms with van der Waals surface area (Å²) in [6, 6.07) is 15.5. The van der Waals surface area contributed by atoms with E-state index in [0.29, 0.717) is 5.82 Å². The molecule has 0 atom stereocenters. The van der Waals surface area contributed by atoms with Crippen LogP contribution in [-0.2, 0) is 0 Å². The van der Waals surface area contributed by atoms with Crippen LogP contribution in [-0.4, -0.2) is 20.2 Å². The van der Waals surface area contributed by atoms with E-state index in [1.807, 2.05) is 55.5 Å². The van der Waals surface area contributed by atoms with Crippen LogP contribution in [0, 0.1) is 6.92 Å². The highest BCUT2D eigenvalue weighted by atomic mass is 15.5. The molecule has 1 heterocycles. The van der Waals surface area contributed by atoms with Gasteiger partial charge in [0.25, 0.3) is 0 Å². The van der Waals surface area contributed by atoms with E-state index in [2.05, 4.69) is 15.5 Å². The Labute approximate surface area is 110 Å². The third-order valence-corrected chi connectivity index (χ3v) is 2.88. The lowest BCUT2D eigenvalue weighted by atomic mass is 10.2. The minimum atomic E-state index is 0.700. The van der Waals surface area contributed by atoms with Gasteiger partial charge in [0, 0.05) is 11.3 Å². The smallest absolute Gasteiger partial charge is 0.187 e. The molecule has 0 spiro atoms. The minimum Gasteiger partial charge on any atom is -0.399 e. The van der Waals surface area contributed by atoms with Gasteiger partial charge in [-0.1, -0.05) is 12.1 Å². The Morgan fingerprint density at radius 2 is 1.84 bits per heavy atom. The summed E-state index contributed by atoms with van der Waals surface area (Å²) in [6.45, 7) is 2.04. The Morgan fingerprint density at radius 3 is 2.58 bits per heavy atom. The standard InChI is InChI=1S/C14H13N5/c1-10-3-2-4-13(9-10)19-14(16-17-18-19)11-5-7-12(15)8-6-11/h2-9H,15H2,1H3. The van der Waals surface area contributed by atoms with E-state index >= 15 is 0 Å². The molecule has 0 aliphatic carbocycles. The van der Waals surface area contributed by atoms with Crippen LogP contribution in [0.2, 0.25) is 0 Å². The molecule has 0 amide bonds. The van der Waals surface area contributed by atoms with Crippen molar-refractivity contribution in [3.8, 4) is 17.1 Å². The van der Waals surface area contributed by atoms with Gasteiger partial charge < -0.3 is 5.73 Å². The zero-order valence-corrected chi connectivity index (χ0v) is 10.5. The lowest BCUT2D eigenvalue weighted by molar-refractivity contribution is 0.790. The highest BCUT2D eigenvalue weighted by Crippen LogP contribution is 2.20. The molecule has 3 aromatic rings. The number of nitrogens with two attached hydrogens (primary N) is 1. The number of aryl methyl sites for hydroxylation is 1. The van der Waals surface area contributed by atoms with E-state index in [9.17, 15) is 0 Å². The molecule has 2 N–H and O–H groups in total. The first-order valence-electron chi connectivity index (χ1n) is 5.95. The Bertz CT molecular complexity index is 700. The summed E-state index contributed by atoms with van der Waals surface area (Å²) >= 11 is 0. The summed E-state index contributed by atoms with van der Waals surface area (Å²) in [6.07, 6.45) is 0. The highest BCUT2D eigenvalue weighted by Gasteiger charge is 2.10. The molecule has 0 saturated heterocycles. The average Bonchev–Trinajstić information content (AvgIpc) is 2.89. The maximum atomic E-state index is 5.69. The van der Waals surface area contributed by atoms with Crippen molar-refractivity contribution in [3.05, 3.63) is 54.1 Å². The Morgan fingerprint density at radius 1 is 1.05 bits per heavy atom. The fourth-order valence-corrected chi connectivity index (χ4v) is 1.93. The number of nitrogens with zero attached hydrogens (tertiary/aromatic N) is 4. The van der Waals surface area contributed by atoms with Gasteiger partial charge >= 0.3 is 0 Å². The van der Waals surface area contributed by atoms with Crippen molar-refractivity contribution < 1.29 is 0 Å². The second-order valence-corrected chi connectivity index (χ2v) is 4.38. The molecule has 0 unspecified atom stereocenters. The van der Waals surface area contributed by atoms with E-state index in [0.717, 1.165) is 22.5 Å². The van der Waals surface area contributed by atoms with Crippen LogP contribution < -0.4 is 5.73 Å². The molecule has 0 aliphatic rings. The third-order valence-electron chi connectivity index (χ3n) is 2.88. The predicted octanol–water partition coefficient (Wildman–Crippen LogP) is 2.22. The Hall–Kier alpha value is -2.69. The zero-order chi connectivity index (χ0) is 13.2. The van der Waals surface area contributed by atoms with Crippen molar-refractivity contribution in [2.45, 2.75) is 6.92 Å². The van der Waals surface area contributed by atoms with E-state index in [1.54, 1.807) is 4.68 Å². The fourth-order valence-electron chi connectivity index (χ4n) is 1.93. The van der Waals surface area contributed by atoms with Gasteiger partial charge in [0.1, 0.15) is 0 Å².